The smallest absolute Gasteiger partial charge is 0.0847 e. The number of nitrogens with one attached hydrogen (secondary N) is 1. The summed E-state index contributed by atoms with van der Waals surface area (Å²) in [4.78, 5) is 0. The Balaban J connectivity index is 2.01. The van der Waals surface area contributed by atoms with Crippen LogP contribution in [0.4, 0.5) is 0 Å². The molecule has 0 saturated carbocycles. The van der Waals surface area contributed by atoms with Gasteiger partial charge in [0.2, 0.25) is 0 Å². The molecule has 106 valence electrons. The molecule has 1 aromatic heterocycles. The highest BCUT2D eigenvalue weighted by atomic mass is 79.9. The Kier molecular flexibility index (Phi) is 3.65. The van der Waals surface area contributed by atoms with Crippen molar-refractivity contribution >= 4 is 27.5 Å². The summed E-state index contributed by atoms with van der Waals surface area (Å²) in [6, 6.07) is 8.44. The van der Waals surface area contributed by atoms with Crippen LogP contribution in [0, 0.1) is 6.92 Å². The molecule has 0 spiro atoms. The van der Waals surface area contributed by atoms with Gasteiger partial charge >= 0.3 is 0 Å². The largest absolute Gasteiger partial charge is 0.315 e. The van der Waals surface area contributed by atoms with Gasteiger partial charge in [-0.3, -0.25) is 4.68 Å². The van der Waals surface area contributed by atoms with Crippen LogP contribution >= 0.6 is 27.5 Å². The molecular formula is C15H17BrClN3. The summed E-state index contributed by atoms with van der Waals surface area (Å²) in [5.74, 6) is 0. The lowest BCUT2D eigenvalue weighted by molar-refractivity contribution is 0.268. The summed E-state index contributed by atoms with van der Waals surface area (Å²) in [5.41, 5.74) is 3.46. The number of benzene rings is 1. The standard InChI is InChI=1S/C15H17BrClN3/c1-10-14(17)13(20(2)19-10)7-15(8-18-9-15)11-5-3-4-6-12(11)16/h3-6,18H,7-9H2,1-2H3. The van der Waals surface area contributed by atoms with Crippen LogP contribution in [0.15, 0.2) is 28.7 Å². The number of aromatic nitrogens is 2. The van der Waals surface area contributed by atoms with Gasteiger partial charge in [-0.1, -0.05) is 45.7 Å². The highest BCUT2D eigenvalue weighted by Gasteiger charge is 2.41. The second kappa shape index (κ2) is 5.17. The topological polar surface area (TPSA) is 29.9 Å². The van der Waals surface area contributed by atoms with Gasteiger partial charge in [0.25, 0.3) is 0 Å². The monoisotopic (exact) mass is 353 g/mol. The molecule has 1 aliphatic heterocycles. The third-order valence-electron chi connectivity index (χ3n) is 4.14. The number of aryl methyl sites for hydroxylation is 2. The highest BCUT2D eigenvalue weighted by Crippen LogP contribution is 2.38. The van der Waals surface area contributed by atoms with Crippen LogP contribution < -0.4 is 5.32 Å². The van der Waals surface area contributed by atoms with Gasteiger partial charge in [0.15, 0.2) is 0 Å². The van der Waals surface area contributed by atoms with Crippen LogP contribution in [0.1, 0.15) is 17.0 Å². The van der Waals surface area contributed by atoms with Gasteiger partial charge in [0.05, 0.1) is 16.4 Å². The predicted octanol–water partition coefficient (Wildman–Crippen LogP) is 3.23. The first-order valence-corrected chi connectivity index (χ1v) is 7.84. The molecule has 0 radical (unpaired) electrons. The Morgan fingerprint density at radius 1 is 1.40 bits per heavy atom. The van der Waals surface area contributed by atoms with Gasteiger partial charge in [0.1, 0.15) is 0 Å². The molecule has 3 rings (SSSR count). The minimum absolute atomic E-state index is 0.101. The van der Waals surface area contributed by atoms with Gasteiger partial charge in [-0.15, -0.1) is 0 Å². The Hall–Kier alpha value is -0.840. The first-order chi connectivity index (χ1) is 9.53. The number of nitrogens with zero attached hydrogens (tertiary/aromatic N) is 2. The Bertz CT molecular complexity index is 647. The lowest BCUT2D eigenvalue weighted by Gasteiger charge is -2.44. The Morgan fingerprint density at radius 3 is 2.60 bits per heavy atom. The fraction of sp³-hybridized carbons (Fsp3) is 0.400. The van der Waals surface area contributed by atoms with Crippen molar-refractivity contribution in [1.29, 1.82) is 0 Å². The van der Waals surface area contributed by atoms with Crippen molar-refractivity contribution in [2.24, 2.45) is 7.05 Å². The molecule has 0 amide bonds. The molecule has 20 heavy (non-hydrogen) atoms. The summed E-state index contributed by atoms with van der Waals surface area (Å²) in [5, 5.41) is 8.62. The minimum Gasteiger partial charge on any atom is -0.315 e. The third kappa shape index (κ3) is 2.20. The van der Waals surface area contributed by atoms with Crippen LogP contribution in [0.25, 0.3) is 0 Å². The number of hydrogen-bond acceptors (Lipinski definition) is 2. The van der Waals surface area contributed by atoms with Crippen LogP contribution in [0.2, 0.25) is 5.02 Å². The maximum Gasteiger partial charge on any atom is 0.0847 e. The fourth-order valence-electron chi connectivity index (χ4n) is 2.92. The summed E-state index contributed by atoms with van der Waals surface area (Å²) < 4.78 is 3.07. The Morgan fingerprint density at radius 2 is 2.10 bits per heavy atom. The van der Waals surface area contributed by atoms with E-state index in [1.807, 2.05) is 18.7 Å². The summed E-state index contributed by atoms with van der Waals surface area (Å²) in [7, 11) is 1.97. The minimum atomic E-state index is 0.101. The predicted molar refractivity (Wildman–Crippen MR) is 85.3 cm³/mol. The molecule has 0 aliphatic carbocycles. The second-order valence-corrected chi connectivity index (χ2v) is 6.74. The van der Waals surface area contributed by atoms with Gasteiger partial charge in [-0.2, -0.15) is 5.10 Å². The van der Waals surface area contributed by atoms with E-state index in [9.17, 15) is 0 Å². The van der Waals surface area contributed by atoms with E-state index in [2.05, 4.69) is 50.6 Å². The first-order valence-electron chi connectivity index (χ1n) is 6.67. The Labute approximate surface area is 132 Å². The van der Waals surface area contributed by atoms with Gasteiger partial charge in [-0.25, -0.2) is 0 Å². The molecule has 1 saturated heterocycles. The number of halogens is 2. The van der Waals surface area contributed by atoms with Crippen LogP contribution in [0.5, 0.6) is 0 Å². The molecule has 1 fully saturated rings. The lowest BCUT2D eigenvalue weighted by atomic mass is 9.72. The number of hydrogen-bond donors (Lipinski definition) is 1. The van der Waals surface area contributed by atoms with E-state index in [1.54, 1.807) is 0 Å². The van der Waals surface area contributed by atoms with Crippen LogP contribution in [-0.2, 0) is 18.9 Å². The number of rotatable bonds is 3. The molecule has 1 aliphatic rings. The van der Waals surface area contributed by atoms with Gasteiger partial charge < -0.3 is 5.32 Å². The van der Waals surface area contributed by atoms with Crippen molar-refractivity contribution in [3.05, 3.63) is 50.7 Å². The normalized spacial score (nSPS) is 17.0. The maximum absolute atomic E-state index is 6.41. The third-order valence-corrected chi connectivity index (χ3v) is 5.32. The molecular weight excluding hydrogens is 338 g/mol. The van der Waals surface area contributed by atoms with Crippen molar-refractivity contribution in [3.63, 3.8) is 0 Å². The van der Waals surface area contributed by atoms with E-state index in [4.69, 9.17) is 11.6 Å². The zero-order valence-corrected chi connectivity index (χ0v) is 13.9. The molecule has 5 heteroatoms. The molecule has 1 aromatic carbocycles. The average molecular weight is 355 g/mol. The van der Waals surface area contributed by atoms with Crippen LogP contribution in [-0.4, -0.2) is 22.9 Å². The molecule has 2 aromatic rings. The van der Waals surface area contributed by atoms with E-state index in [-0.39, 0.29) is 5.41 Å². The molecule has 0 unspecified atom stereocenters. The molecule has 1 N–H and O–H groups in total. The van der Waals surface area contributed by atoms with E-state index >= 15 is 0 Å². The average Bonchev–Trinajstić information content (AvgIpc) is 2.61. The van der Waals surface area contributed by atoms with E-state index in [1.165, 1.54) is 5.56 Å². The fourth-order valence-corrected chi connectivity index (χ4v) is 3.85. The summed E-state index contributed by atoms with van der Waals surface area (Å²) >= 11 is 10.1. The lowest BCUT2D eigenvalue weighted by Crippen LogP contribution is -2.58. The molecule has 0 bridgehead atoms. The quantitative estimate of drug-likeness (QED) is 0.917. The van der Waals surface area contributed by atoms with E-state index < -0.39 is 0 Å². The molecule has 0 atom stereocenters. The molecule has 3 nitrogen and oxygen atoms in total. The SMILES string of the molecule is Cc1nn(C)c(CC2(c3ccccc3Br)CNC2)c1Cl. The van der Waals surface area contributed by atoms with E-state index in [0.29, 0.717) is 0 Å². The highest BCUT2D eigenvalue weighted by molar-refractivity contribution is 9.10. The van der Waals surface area contributed by atoms with Crippen molar-refractivity contribution in [2.45, 2.75) is 18.8 Å². The van der Waals surface area contributed by atoms with Crippen molar-refractivity contribution in [3.8, 4) is 0 Å². The zero-order valence-electron chi connectivity index (χ0n) is 11.6. The van der Waals surface area contributed by atoms with Crippen molar-refractivity contribution < 1.29 is 0 Å². The van der Waals surface area contributed by atoms with Crippen molar-refractivity contribution in [2.75, 3.05) is 13.1 Å². The zero-order chi connectivity index (χ0) is 14.3. The molecule has 2 heterocycles. The summed E-state index contributed by atoms with van der Waals surface area (Å²) in [6.07, 6.45) is 0.902. The van der Waals surface area contributed by atoms with Crippen molar-refractivity contribution in [1.82, 2.24) is 15.1 Å². The van der Waals surface area contributed by atoms with Crippen LogP contribution in [0.3, 0.4) is 0 Å². The summed E-state index contributed by atoms with van der Waals surface area (Å²) in [6.45, 7) is 3.89. The van der Waals surface area contributed by atoms with Gasteiger partial charge in [-0.05, 0) is 18.6 Å². The first kappa shape index (κ1) is 14.1. The van der Waals surface area contributed by atoms with Gasteiger partial charge in [0, 0.05) is 36.4 Å². The van der Waals surface area contributed by atoms with E-state index in [0.717, 1.165) is 40.4 Å². The maximum atomic E-state index is 6.41. The second-order valence-electron chi connectivity index (χ2n) is 5.51.